The number of carbonyl (C=O) groups is 1. The number of benzene rings is 1. The predicted molar refractivity (Wildman–Crippen MR) is 114 cm³/mol. The minimum absolute atomic E-state index is 0.146. The number of H-pyrrole nitrogens is 1. The monoisotopic (exact) mass is 444 g/mol. The summed E-state index contributed by atoms with van der Waals surface area (Å²) in [5.74, 6) is 1.08. The van der Waals surface area contributed by atoms with Crippen molar-refractivity contribution in [3.05, 3.63) is 56.7 Å². The van der Waals surface area contributed by atoms with Crippen LogP contribution in [-0.2, 0) is 0 Å². The topological polar surface area (TPSA) is 52.2 Å². The molecule has 1 saturated heterocycles. The second-order valence-corrected chi connectivity index (χ2v) is 8.89. The molecule has 0 aliphatic carbocycles. The van der Waals surface area contributed by atoms with E-state index in [1.54, 1.807) is 11.3 Å². The molecule has 1 aliphatic heterocycles. The van der Waals surface area contributed by atoms with Gasteiger partial charge in [0.1, 0.15) is 0 Å². The number of amides is 1. The molecule has 1 aromatic carbocycles. The number of anilines is 1. The molecule has 0 atom stereocenters. The molecule has 4 rings (SSSR count). The van der Waals surface area contributed by atoms with Crippen LogP contribution in [0.3, 0.4) is 0 Å². The van der Waals surface area contributed by atoms with Crippen LogP contribution in [0.4, 0.5) is 5.82 Å². The van der Waals surface area contributed by atoms with E-state index in [2.05, 4.69) is 49.2 Å². The van der Waals surface area contributed by atoms with Crippen LogP contribution in [0.25, 0.3) is 11.3 Å². The van der Waals surface area contributed by atoms with Crippen LogP contribution in [0.5, 0.6) is 0 Å². The van der Waals surface area contributed by atoms with Crippen molar-refractivity contribution in [2.24, 2.45) is 0 Å². The Hall–Kier alpha value is -2.12. The van der Waals surface area contributed by atoms with Crippen LogP contribution in [0, 0.1) is 6.92 Å². The van der Waals surface area contributed by atoms with Crippen molar-refractivity contribution in [1.29, 1.82) is 0 Å². The summed E-state index contributed by atoms with van der Waals surface area (Å²) in [6, 6.07) is 14.2. The lowest BCUT2D eigenvalue weighted by atomic mass is 10.1. The molecular formula is C20H21BrN4OS. The first-order valence-electron chi connectivity index (χ1n) is 9.02. The fraction of sp³-hybridized carbons (Fsp3) is 0.300. The Morgan fingerprint density at radius 1 is 1.11 bits per heavy atom. The number of thiophene rings is 1. The van der Waals surface area contributed by atoms with E-state index in [1.807, 2.05) is 36.1 Å². The van der Waals surface area contributed by atoms with Gasteiger partial charge >= 0.3 is 0 Å². The molecular weight excluding hydrogens is 424 g/mol. The number of carbonyl (C=O) groups excluding carboxylic acids is 1. The van der Waals surface area contributed by atoms with E-state index in [0.29, 0.717) is 0 Å². The molecule has 5 nitrogen and oxygen atoms in total. The number of aromatic amines is 1. The molecule has 140 valence electrons. The number of halogens is 1. The van der Waals surface area contributed by atoms with Gasteiger partial charge in [-0.05, 0) is 43.2 Å². The van der Waals surface area contributed by atoms with Crippen molar-refractivity contribution in [3.8, 4) is 11.3 Å². The van der Waals surface area contributed by atoms with Gasteiger partial charge in [-0.15, -0.1) is 11.3 Å². The van der Waals surface area contributed by atoms with Crippen molar-refractivity contribution in [3.63, 3.8) is 0 Å². The molecule has 0 bridgehead atoms. The van der Waals surface area contributed by atoms with Crippen molar-refractivity contribution in [1.82, 2.24) is 15.1 Å². The van der Waals surface area contributed by atoms with E-state index in [-0.39, 0.29) is 5.91 Å². The molecule has 1 amide bonds. The fourth-order valence-corrected chi connectivity index (χ4v) is 4.41. The zero-order valence-electron chi connectivity index (χ0n) is 15.1. The summed E-state index contributed by atoms with van der Waals surface area (Å²) in [4.78, 5) is 18.9. The SMILES string of the molecule is Cc1ccc(C(=O)N2CCCN(c3cc(-c4ccc(Br)cc4)[nH]n3)CC2)s1. The highest BCUT2D eigenvalue weighted by Gasteiger charge is 2.22. The van der Waals surface area contributed by atoms with Crippen molar-refractivity contribution < 1.29 is 4.79 Å². The molecule has 3 aromatic rings. The molecule has 0 saturated carbocycles. The van der Waals surface area contributed by atoms with Crippen molar-refractivity contribution >= 4 is 39.0 Å². The first kappa shape index (κ1) is 18.3. The van der Waals surface area contributed by atoms with Gasteiger partial charge in [-0.1, -0.05) is 28.1 Å². The Kier molecular flexibility index (Phi) is 5.31. The molecule has 0 unspecified atom stereocenters. The quantitative estimate of drug-likeness (QED) is 0.643. The summed E-state index contributed by atoms with van der Waals surface area (Å²) < 4.78 is 1.06. The number of hydrogen-bond donors (Lipinski definition) is 1. The Morgan fingerprint density at radius 2 is 1.93 bits per heavy atom. The van der Waals surface area contributed by atoms with Gasteiger partial charge in [0.25, 0.3) is 5.91 Å². The van der Waals surface area contributed by atoms with Crippen LogP contribution in [0.15, 0.2) is 46.9 Å². The normalized spacial score (nSPS) is 15.0. The van der Waals surface area contributed by atoms with Gasteiger partial charge in [0.2, 0.25) is 0 Å². The largest absolute Gasteiger partial charge is 0.353 e. The Labute approximate surface area is 171 Å². The minimum Gasteiger partial charge on any atom is -0.353 e. The first-order valence-corrected chi connectivity index (χ1v) is 10.6. The third-order valence-electron chi connectivity index (χ3n) is 4.78. The Balaban J connectivity index is 1.44. The second-order valence-electron chi connectivity index (χ2n) is 6.69. The summed E-state index contributed by atoms with van der Waals surface area (Å²) in [6.07, 6.45) is 0.941. The number of aromatic nitrogens is 2. The van der Waals surface area contributed by atoms with Gasteiger partial charge in [0.15, 0.2) is 5.82 Å². The van der Waals surface area contributed by atoms with Crippen LogP contribution < -0.4 is 4.90 Å². The highest BCUT2D eigenvalue weighted by Crippen LogP contribution is 2.25. The number of rotatable bonds is 3. The summed E-state index contributed by atoms with van der Waals surface area (Å²) in [7, 11) is 0. The van der Waals surface area contributed by atoms with E-state index < -0.39 is 0 Å². The zero-order valence-corrected chi connectivity index (χ0v) is 17.5. The molecule has 3 heterocycles. The first-order chi connectivity index (χ1) is 13.1. The van der Waals surface area contributed by atoms with Gasteiger partial charge < -0.3 is 9.80 Å². The lowest BCUT2D eigenvalue weighted by Gasteiger charge is -2.21. The maximum atomic E-state index is 12.7. The van der Waals surface area contributed by atoms with Crippen LogP contribution in [0.1, 0.15) is 21.0 Å². The van der Waals surface area contributed by atoms with Crippen molar-refractivity contribution in [2.45, 2.75) is 13.3 Å². The van der Waals surface area contributed by atoms with Gasteiger partial charge in [0, 0.05) is 41.6 Å². The number of hydrogen-bond acceptors (Lipinski definition) is 4. The lowest BCUT2D eigenvalue weighted by Crippen LogP contribution is -2.34. The molecule has 1 fully saturated rings. The maximum absolute atomic E-state index is 12.7. The van der Waals surface area contributed by atoms with E-state index in [9.17, 15) is 4.79 Å². The van der Waals surface area contributed by atoms with Crippen LogP contribution >= 0.6 is 27.3 Å². The molecule has 27 heavy (non-hydrogen) atoms. The lowest BCUT2D eigenvalue weighted by molar-refractivity contribution is 0.0772. The van der Waals surface area contributed by atoms with E-state index >= 15 is 0 Å². The number of nitrogens with one attached hydrogen (secondary N) is 1. The highest BCUT2D eigenvalue weighted by molar-refractivity contribution is 9.10. The molecule has 0 radical (unpaired) electrons. The van der Waals surface area contributed by atoms with Gasteiger partial charge in [0.05, 0.1) is 10.6 Å². The zero-order chi connectivity index (χ0) is 18.8. The highest BCUT2D eigenvalue weighted by atomic mass is 79.9. The van der Waals surface area contributed by atoms with Crippen LogP contribution in [-0.4, -0.2) is 47.2 Å². The van der Waals surface area contributed by atoms with Crippen molar-refractivity contribution in [2.75, 3.05) is 31.1 Å². The standard InChI is InChI=1S/C20H21BrN4OS/c1-14-3-8-18(27-14)20(26)25-10-2-9-24(11-12-25)19-13-17(22-23-19)15-4-6-16(21)7-5-15/h3-8,13H,2,9-12H2,1H3,(H,22,23). The van der Waals surface area contributed by atoms with E-state index in [0.717, 1.165) is 59.0 Å². The molecule has 1 aliphatic rings. The molecule has 1 N–H and O–H groups in total. The number of aryl methyl sites for hydroxylation is 1. The summed E-state index contributed by atoms with van der Waals surface area (Å²) in [6.45, 7) is 5.23. The van der Waals surface area contributed by atoms with Gasteiger partial charge in [-0.2, -0.15) is 5.10 Å². The second kappa shape index (κ2) is 7.86. The molecule has 2 aromatic heterocycles. The third kappa shape index (κ3) is 4.09. The molecule has 7 heteroatoms. The average molecular weight is 445 g/mol. The van der Waals surface area contributed by atoms with Gasteiger partial charge in [-0.3, -0.25) is 9.89 Å². The minimum atomic E-state index is 0.146. The fourth-order valence-electron chi connectivity index (χ4n) is 3.31. The van der Waals surface area contributed by atoms with Crippen LogP contribution in [0.2, 0.25) is 0 Å². The van der Waals surface area contributed by atoms with Gasteiger partial charge in [-0.25, -0.2) is 0 Å². The summed E-state index contributed by atoms with van der Waals surface area (Å²) in [5.41, 5.74) is 2.11. The predicted octanol–water partition coefficient (Wildman–Crippen LogP) is 4.56. The van der Waals surface area contributed by atoms with E-state index in [4.69, 9.17) is 0 Å². The van der Waals surface area contributed by atoms with E-state index in [1.165, 1.54) is 4.88 Å². The average Bonchev–Trinajstić information content (AvgIpc) is 3.25. The Morgan fingerprint density at radius 3 is 2.67 bits per heavy atom. The number of nitrogens with zero attached hydrogens (tertiary/aromatic N) is 3. The Bertz CT molecular complexity index is 934. The molecule has 0 spiro atoms. The summed E-state index contributed by atoms with van der Waals surface area (Å²) >= 11 is 5.03. The maximum Gasteiger partial charge on any atom is 0.263 e. The smallest absolute Gasteiger partial charge is 0.263 e. The summed E-state index contributed by atoms with van der Waals surface area (Å²) in [5, 5.41) is 7.64. The third-order valence-corrected chi connectivity index (χ3v) is 6.30.